The van der Waals surface area contributed by atoms with E-state index >= 15 is 0 Å². The van der Waals surface area contributed by atoms with E-state index in [1.165, 1.54) is 24.3 Å². The Bertz CT molecular complexity index is 634. The molecule has 0 aliphatic rings. The summed E-state index contributed by atoms with van der Waals surface area (Å²) in [6.45, 7) is 0. The lowest BCUT2D eigenvalue weighted by atomic mass is 10.1. The van der Waals surface area contributed by atoms with Crippen molar-refractivity contribution in [1.29, 1.82) is 0 Å². The third-order valence-corrected chi connectivity index (χ3v) is 2.91. The predicted octanol–water partition coefficient (Wildman–Crippen LogP) is 3.14. The van der Waals surface area contributed by atoms with Crippen LogP contribution in [-0.2, 0) is 0 Å². The Morgan fingerprint density at radius 1 is 1.33 bits per heavy atom. The fourth-order valence-electron chi connectivity index (χ4n) is 1.50. The van der Waals surface area contributed by atoms with Crippen molar-refractivity contribution in [2.24, 2.45) is 0 Å². The summed E-state index contributed by atoms with van der Waals surface area (Å²) in [6, 6.07) is 6.98. The number of nitro groups is 1. The number of hydrogen-bond acceptors (Lipinski definition) is 4. The Kier molecular flexibility index (Phi) is 3.24. The summed E-state index contributed by atoms with van der Waals surface area (Å²) in [4.78, 5) is 14.1. The molecule has 2 aromatic rings. The van der Waals surface area contributed by atoms with Gasteiger partial charge in [-0.1, -0.05) is 6.07 Å². The van der Waals surface area contributed by atoms with Crippen LogP contribution in [-0.4, -0.2) is 9.91 Å². The molecule has 0 aliphatic carbocycles. The zero-order chi connectivity index (χ0) is 13.3. The van der Waals surface area contributed by atoms with Gasteiger partial charge in [0.2, 0.25) is 0 Å². The molecule has 92 valence electrons. The van der Waals surface area contributed by atoms with Gasteiger partial charge in [0.1, 0.15) is 11.6 Å². The van der Waals surface area contributed by atoms with Crippen molar-refractivity contribution in [3.05, 3.63) is 50.7 Å². The van der Waals surface area contributed by atoms with Crippen molar-refractivity contribution in [2.75, 3.05) is 5.73 Å². The first-order valence-corrected chi connectivity index (χ1v) is 5.65. The second kappa shape index (κ2) is 4.69. The van der Waals surface area contributed by atoms with Gasteiger partial charge in [0.15, 0.2) is 5.69 Å². The lowest BCUT2D eigenvalue weighted by Crippen LogP contribution is -1.99. The first-order chi connectivity index (χ1) is 8.50. The summed E-state index contributed by atoms with van der Waals surface area (Å²) in [5.41, 5.74) is 5.14. The molecule has 0 radical (unpaired) electrons. The minimum Gasteiger partial charge on any atom is -0.384 e. The highest BCUT2D eigenvalue weighted by Crippen LogP contribution is 2.33. The van der Waals surface area contributed by atoms with Crippen LogP contribution in [0.15, 0.2) is 34.8 Å². The van der Waals surface area contributed by atoms with Crippen molar-refractivity contribution in [3.8, 4) is 11.3 Å². The summed E-state index contributed by atoms with van der Waals surface area (Å²) in [6.07, 6.45) is 0. The van der Waals surface area contributed by atoms with E-state index in [1.807, 2.05) is 0 Å². The fourth-order valence-corrected chi connectivity index (χ4v) is 1.87. The molecule has 0 unspecified atom stereocenters. The number of nitrogens with two attached hydrogens (primary N) is 1. The van der Waals surface area contributed by atoms with Crippen molar-refractivity contribution < 1.29 is 9.31 Å². The zero-order valence-electron chi connectivity index (χ0n) is 8.93. The topological polar surface area (TPSA) is 82.0 Å². The van der Waals surface area contributed by atoms with E-state index < -0.39 is 10.7 Å². The number of nitrogens with zero attached hydrogens (tertiary/aromatic N) is 2. The number of anilines is 1. The smallest absolute Gasteiger partial charge is 0.295 e. The Morgan fingerprint density at radius 3 is 2.72 bits per heavy atom. The van der Waals surface area contributed by atoms with Crippen molar-refractivity contribution >= 4 is 27.4 Å². The van der Waals surface area contributed by atoms with Gasteiger partial charge in [-0.15, -0.1) is 0 Å². The van der Waals surface area contributed by atoms with Crippen molar-refractivity contribution in [2.45, 2.75) is 0 Å². The summed E-state index contributed by atoms with van der Waals surface area (Å²) in [5.74, 6) is -0.520. The van der Waals surface area contributed by atoms with E-state index in [-0.39, 0.29) is 27.2 Å². The van der Waals surface area contributed by atoms with Gasteiger partial charge in [0, 0.05) is 11.6 Å². The van der Waals surface area contributed by atoms with Gasteiger partial charge in [0.25, 0.3) is 5.69 Å². The Hall–Kier alpha value is -2.02. The maximum atomic E-state index is 13.9. The fraction of sp³-hybridized carbons (Fsp3) is 0. The molecule has 5 nitrogen and oxygen atoms in total. The highest BCUT2D eigenvalue weighted by atomic mass is 79.9. The van der Waals surface area contributed by atoms with Crippen LogP contribution in [0.4, 0.5) is 15.9 Å². The second-order valence-corrected chi connectivity index (χ2v) is 4.32. The second-order valence-electron chi connectivity index (χ2n) is 3.46. The molecular weight excluding hydrogens is 305 g/mol. The van der Waals surface area contributed by atoms with Crippen LogP contribution in [0.2, 0.25) is 0 Å². The van der Waals surface area contributed by atoms with Crippen LogP contribution in [0.1, 0.15) is 0 Å². The molecule has 0 bridgehead atoms. The largest absolute Gasteiger partial charge is 0.384 e. The van der Waals surface area contributed by atoms with Gasteiger partial charge in [-0.2, -0.15) is 0 Å². The number of benzene rings is 1. The number of aromatic nitrogens is 1. The van der Waals surface area contributed by atoms with Gasteiger partial charge in [0.05, 0.1) is 9.40 Å². The highest BCUT2D eigenvalue weighted by molar-refractivity contribution is 9.10. The highest BCUT2D eigenvalue weighted by Gasteiger charge is 2.20. The Morgan fingerprint density at radius 2 is 2.06 bits per heavy atom. The number of hydrogen-bond donors (Lipinski definition) is 1. The lowest BCUT2D eigenvalue weighted by molar-refractivity contribution is -0.384. The molecule has 1 heterocycles. The van der Waals surface area contributed by atoms with Crippen LogP contribution in [0.3, 0.4) is 0 Å². The lowest BCUT2D eigenvalue weighted by Gasteiger charge is -2.05. The normalized spacial score (nSPS) is 10.3. The number of halogens is 2. The molecule has 0 fully saturated rings. The molecule has 2 N–H and O–H groups in total. The van der Waals surface area contributed by atoms with E-state index in [0.29, 0.717) is 0 Å². The molecule has 1 aromatic heterocycles. The van der Waals surface area contributed by atoms with Crippen LogP contribution < -0.4 is 5.73 Å². The van der Waals surface area contributed by atoms with E-state index in [9.17, 15) is 14.5 Å². The van der Waals surface area contributed by atoms with E-state index in [1.54, 1.807) is 6.07 Å². The van der Waals surface area contributed by atoms with Gasteiger partial charge < -0.3 is 5.73 Å². The summed E-state index contributed by atoms with van der Waals surface area (Å²) in [5, 5.41) is 10.9. The molecule has 0 atom stereocenters. The van der Waals surface area contributed by atoms with Crippen molar-refractivity contribution in [1.82, 2.24) is 4.98 Å². The zero-order valence-corrected chi connectivity index (χ0v) is 10.5. The number of rotatable bonds is 2. The van der Waals surface area contributed by atoms with Crippen LogP contribution in [0.5, 0.6) is 0 Å². The molecule has 0 spiro atoms. The minimum atomic E-state index is -0.623. The Balaban J connectivity index is 2.73. The predicted molar refractivity (Wildman–Crippen MR) is 68.4 cm³/mol. The van der Waals surface area contributed by atoms with Crippen LogP contribution in [0, 0.1) is 15.9 Å². The SMILES string of the molecule is Nc1ccc([N+](=O)[O-])c(-c2cccc(Br)c2F)n1. The Labute approximate surface area is 110 Å². The third kappa shape index (κ3) is 2.17. The van der Waals surface area contributed by atoms with Crippen molar-refractivity contribution in [3.63, 3.8) is 0 Å². The van der Waals surface area contributed by atoms with Gasteiger partial charge in [-0.05, 0) is 34.1 Å². The standard InChI is InChI=1S/C11H7BrFN3O2/c12-7-3-1-2-6(10(7)13)11-8(16(17)18)4-5-9(14)15-11/h1-5H,(H2,14,15). The first-order valence-electron chi connectivity index (χ1n) is 4.86. The average molecular weight is 312 g/mol. The summed E-state index contributed by atoms with van der Waals surface area (Å²) in [7, 11) is 0. The molecule has 0 aliphatic heterocycles. The number of nitrogen functional groups attached to an aromatic ring is 1. The number of pyridine rings is 1. The molecule has 0 amide bonds. The molecular formula is C11H7BrFN3O2. The molecule has 0 saturated heterocycles. The van der Waals surface area contributed by atoms with Crippen LogP contribution >= 0.6 is 15.9 Å². The molecule has 2 rings (SSSR count). The van der Waals surface area contributed by atoms with Gasteiger partial charge >= 0.3 is 0 Å². The molecule has 18 heavy (non-hydrogen) atoms. The summed E-state index contributed by atoms with van der Waals surface area (Å²) >= 11 is 3.02. The minimum absolute atomic E-state index is 0.0309. The maximum absolute atomic E-state index is 13.9. The van der Waals surface area contributed by atoms with E-state index in [2.05, 4.69) is 20.9 Å². The monoisotopic (exact) mass is 311 g/mol. The maximum Gasteiger partial charge on any atom is 0.295 e. The van der Waals surface area contributed by atoms with Gasteiger partial charge in [-0.25, -0.2) is 9.37 Å². The molecule has 1 aromatic carbocycles. The molecule has 0 saturated carbocycles. The quantitative estimate of drug-likeness (QED) is 0.682. The van der Waals surface area contributed by atoms with E-state index in [0.717, 1.165) is 0 Å². The third-order valence-electron chi connectivity index (χ3n) is 2.30. The van der Waals surface area contributed by atoms with Gasteiger partial charge in [-0.3, -0.25) is 10.1 Å². The summed E-state index contributed by atoms with van der Waals surface area (Å²) < 4.78 is 14.1. The average Bonchev–Trinajstić information content (AvgIpc) is 2.32. The van der Waals surface area contributed by atoms with E-state index in [4.69, 9.17) is 5.73 Å². The molecule has 7 heteroatoms. The van der Waals surface area contributed by atoms with Crippen LogP contribution in [0.25, 0.3) is 11.3 Å². The first kappa shape index (κ1) is 12.4.